The smallest absolute Gasteiger partial charge is 0.338 e. The maximum atomic E-state index is 13.9. The number of thiazole rings is 1. The molecule has 0 amide bonds. The summed E-state index contributed by atoms with van der Waals surface area (Å²) in [6, 6.07) is 19.5. The molecule has 216 valence electrons. The van der Waals surface area contributed by atoms with Crippen LogP contribution in [0.3, 0.4) is 0 Å². The van der Waals surface area contributed by atoms with Gasteiger partial charge >= 0.3 is 5.97 Å². The van der Waals surface area contributed by atoms with Crippen molar-refractivity contribution in [2.24, 2.45) is 4.99 Å². The molecule has 0 aliphatic carbocycles. The second kappa shape index (κ2) is 13.0. The number of hydrogen-bond acceptors (Lipinski definition) is 7. The van der Waals surface area contributed by atoms with E-state index in [-0.39, 0.29) is 18.8 Å². The van der Waals surface area contributed by atoms with Crippen molar-refractivity contribution in [2.45, 2.75) is 33.4 Å². The van der Waals surface area contributed by atoms with Crippen LogP contribution in [-0.4, -0.2) is 23.8 Å². The highest BCUT2D eigenvalue weighted by Crippen LogP contribution is 2.32. The van der Waals surface area contributed by atoms with Gasteiger partial charge in [0.1, 0.15) is 6.61 Å². The average molecular weight is 624 g/mol. The SMILES string of the molecule is CCOC(=O)C1=C(C)N=c2s/c(=C/c3ccc(OCc4ccc(Cl)cc4Cl)c(OCC)c3)c(=O)n2[C@H]1c1ccccc1. The van der Waals surface area contributed by atoms with Crippen LogP contribution in [0, 0.1) is 0 Å². The van der Waals surface area contributed by atoms with E-state index >= 15 is 0 Å². The zero-order valence-electron chi connectivity index (χ0n) is 23.2. The second-order valence-corrected chi connectivity index (χ2v) is 11.2. The Balaban J connectivity index is 1.53. The van der Waals surface area contributed by atoms with Crippen LogP contribution >= 0.6 is 34.5 Å². The van der Waals surface area contributed by atoms with Crippen molar-refractivity contribution in [1.29, 1.82) is 0 Å². The number of nitrogens with zero attached hydrogens (tertiary/aromatic N) is 2. The van der Waals surface area contributed by atoms with Gasteiger partial charge in [0.2, 0.25) is 0 Å². The molecule has 0 spiro atoms. The second-order valence-electron chi connectivity index (χ2n) is 9.38. The van der Waals surface area contributed by atoms with Gasteiger partial charge in [0.15, 0.2) is 16.3 Å². The summed E-state index contributed by atoms with van der Waals surface area (Å²) in [7, 11) is 0. The predicted molar refractivity (Wildman–Crippen MR) is 165 cm³/mol. The largest absolute Gasteiger partial charge is 0.490 e. The number of rotatable bonds is 9. The van der Waals surface area contributed by atoms with Crippen LogP contribution in [0.15, 0.2) is 87.8 Å². The summed E-state index contributed by atoms with van der Waals surface area (Å²) in [5.74, 6) is 0.589. The van der Waals surface area contributed by atoms with Crippen LogP contribution in [0.2, 0.25) is 10.0 Å². The fourth-order valence-electron chi connectivity index (χ4n) is 4.69. The van der Waals surface area contributed by atoms with E-state index in [1.165, 1.54) is 11.3 Å². The van der Waals surface area contributed by atoms with Crippen molar-refractivity contribution in [3.05, 3.63) is 124 Å². The van der Waals surface area contributed by atoms with Crippen molar-refractivity contribution in [1.82, 2.24) is 4.57 Å². The van der Waals surface area contributed by atoms with Gasteiger partial charge in [-0.2, -0.15) is 0 Å². The molecular weight excluding hydrogens is 595 g/mol. The number of carbonyl (C=O) groups is 1. The van der Waals surface area contributed by atoms with Crippen molar-refractivity contribution in [2.75, 3.05) is 13.2 Å². The van der Waals surface area contributed by atoms with E-state index in [0.29, 0.717) is 48.8 Å². The van der Waals surface area contributed by atoms with Crippen LogP contribution < -0.4 is 24.4 Å². The lowest BCUT2D eigenvalue weighted by Crippen LogP contribution is -2.39. The lowest BCUT2D eigenvalue weighted by atomic mass is 9.96. The topological polar surface area (TPSA) is 79.1 Å². The fraction of sp³-hybridized carbons (Fsp3) is 0.219. The minimum absolute atomic E-state index is 0.218. The number of aromatic nitrogens is 1. The van der Waals surface area contributed by atoms with Crippen molar-refractivity contribution in [3.63, 3.8) is 0 Å². The van der Waals surface area contributed by atoms with Crippen molar-refractivity contribution in [3.8, 4) is 11.5 Å². The summed E-state index contributed by atoms with van der Waals surface area (Å²) in [6.07, 6.45) is 1.79. The highest BCUT2D eigenvalue weighted by molar-refractivity contribution is 7.07. The van der Waals surface area contributed by atoms with Gasteiger partial charge in [0.25, 0.3) is 5.56 Å². The number of benzene rings is 3. The molecule has 0 fully saturated rings. The number of allylic oxidation sites excluding steroid dienone is 1. The van der Waals surface area contributed by atoms with Crippen LogP contribution in [0.25, 0.3) is 6.08 Å². The average Bonchev–Trinajstić information content (AvgIpc) is 3.27. The Kier molecular flexibility index (Phi) is 9.16. The molecule has 3 aromatic carbocycles. The Labute approximate surface area is 256 Å². The van der Waals surface area contributed by atoms with E-state index in [4.69, 9.17) is 37.4 Å². The molecule has 7 nitrogen and oxygen atoms in total. The molecule has 0 radical (unpaired) electrons. The third kappa shape index (κ3) is 6.16. The first kappa shape index (κ1) is 29.6. The molecule has 2 heterocycles. The molecule has 0 unspecified atom stereocenters. The minimum Gasteiger partial charge on any atom is -0.490 e. The minimum atomic E-state index is -0.655. The maximum absolute atomic E-state index is 13.9. The van der Waals surface area contributed by atoms with Gasteiger partial charge < -0.3 is 14.2 Å². The molecule has 10 heteroatoms. The van der Waals surface area contributed by atoms with Crippen LogP contribution in [0.5, 0.6) is 11.5 Å². The van der Waals surface area contributed by atoms with E-state index in [2.05, 4.69) is 4.99 Å². The summed E-state index contributed by atoms with van der Waals surface area (Å²) in [5, 5.41) is 1.07. The van der Waals surface area contributed by atoms with E-state index in [0.717, 1.165) is 16.7 Å². The first-order valence-electron chi connectivity index (χ1n) is 13.4. The first-order valence-corrected chi connectivity index (χ1v) is 15.0. The number of hydrogen-bond donors (Lipinski definition) is 0. The van der Waals surface area contributed by atoms with E-state index in [1.54, 1.807) is 42.7 Å². The van der Waals surface area contributed by atoms with E-state index in [9.17, 15) is 9.59 Å². The molecule has 0 N–H and O–H groups in total. The summed E-state index contributed by atoms with van der Waals surface area (Å²) >= 11 is 13.6. The molecule has 1 atom stereocenters. The van der Waals surface area contributed by atoms with E-state index in [1.807, 2.05) is 55.5 Å². The van der Waals surface area contributed by atoms with Gasteiger partial charge in [-0.1, -0.05) is 77.0 Å². The van der Waals surface area contributed by atoms with Crippen LogP contribution in [-0.2, 0) is 16.1 Å². The van der Waals surface area contributed by atoms with Gasteiger partial charge in [0, 0.05) is 15.6 Å². The van der Waals surface area contributed by atoms with E-state index < -0.39 is 12.0 Å². The lowest BCUT2D eigenvalue weighted by molar-refractivity contribution is -0.139. The Morgan fingerprint density at radius 1 is 1.00 bits per heavy atom. The van der Waals surface area contributed by atoms with Gasteiger partial charge in [-0.15, -0.1) is 0 Å². The highest BCUT2D eigenvalue weighted by atomic mass is 35.5. The van der Waals surface area contributed by atoms with Gasteiger partial charge in [-0.05, 0) is 62.2 Å². The number of halogens is 2. The number of fused-ring (bicyclic) bond motifs is 1. The monoisotopic (exact) mass is 622 g/mol. The standard InChI is InChI=1S/C32H28Cl2N2O5S/c1-4-39-26-15-20(11-14-25(26)41-18-22-12-13-23(33)17-24(22)34)16-27-30(37)36-29(21-9-7-6-8-10-21)28(31(38)40-5-2)19(3)35-32(36)42-27/h6-17,29H,4-5,18H2,1-3H3/b27-16+/t29-/m0/s1. The zero-order chi connectivity index (χ0) is 29.8. The quantitative estimate of drug-likeness (QED) is 0.211. The third-order valence-electron chi connectivity index (χ3n) is 6.60. The summed E-state index contributed by atoms with van der Waals surface area (Å²) < 4.78 is 19.3. The maximum Gasteiger partial charge on any atom is 0.338 e. The Morgan fingerprint density at radius 2 is 1.79 bits per heavy atom. The molecule has 5 rings (SSSR count). The molecule has 1 aliphatic heterocycles. The summed E-state index contributed by atoms with van der Waals surface area (Å²) in [4.78, 5) is 32.0. The van der Waals surface area contributed by atoms with Gasteiger partial charge in [-0.3, -0.25) is 9.36 Å². The Hall–Kier alpha value is -3.85. The molecule has 1 aromatic heterocycles. The molecule has 42 heavy (non-hydrogen) atoms. The van der Waals surface area contributed by atoms with Crippen LogP contribution in [0.1, 0.15) is 43.5 Å². The molecule has 0 saturated heterocycles. The van der Waals surface area contributed by atoms with Gasteiger partial charge in [0.05, 0.1) is 35.1 Å². The number of carbonyl (C=O) groups excluding carboxylic acids is 1. The summed E-state index contributed by atoms with van der Waals surface area (Å²) in [6.45, 7) is 6.28. The lowest BCUT2D eigenvalue weighted by Gasteiger charge is -2.24. The molecular formula is C32H28Cl2N2O5S. The third-order valence-corrected chi connectivity index (χ3v) is 8.17. The summed E-state index contributed by atoms with van der Waals surface area (Å²) in [5.41, 5.74) is 2.96. The first-order chi connectivity index (χ1) is 20.3. The molecule has 0 saturated carbocycles. The normalized spacial score (nSPS) is 14.8. The van der Waals surface area contributed by atoms with Crippen LogP contribution in [0.4, 0.5) is 0 Å². The molecule has 4 aromatic rings. The van der Waals surface area contributed by atoms with Crippen molar-refractivity contribution >= 4 is 46.6 Å². The highest BCUT2D eigenvalue weighted by Gasteiger charge is 2.33. The number of esters is 1. The fourth-order valence-corrected chi connectivity index (χ4v) is 6.20. The molecule has 1 aliphatic rings. The Morgan fingerprint density at radius 3 is 2.50 bits per heavy atom. The van der Waals surface area contributed by atoms with Gasteiger partial charge in [-0.25, -0.2) is 9.79 Å². The Bertz CT molecular complexity index is 1850. The van der Waals surface area contributed by atoms with Crippen molar-refractivity contribution < 1.29 is 19.0 Å². The zero-order valence-corrected chi connectivity index (χ0v) is 25.6. The molecule has 0 bridgehead atoms. The predicted octanol–water partition coefficient (Wildman–Crippen LogP) is 6.08. The number of ether oxygens (including phenoxy) is 3.